The van der Waals surface area contributed by atoms with Gasteiger partial charge in [-0.25, -0.2) is 0 Å². The first-order valence-electron chi connectivity index (χ1n) is 1.59. The van der Waals surface area contributed by atoms with E-state index >= 15 is 0 Å². The van der Waals surface area contributed by atoms with Crippen molar-refractivity contribution in [3.63, 3.8) is 0 Å². The van der Waals surface area contributed by atoms with Gasteiger partial charge in [0.2, 0.25) is 0 Å². The maximum Gasteiger partial charge on any atom is 1.00 e. The van der Waals surface area contributed by atoms with E-state index in [1.54, 1.807) is 11.3 Å². The van der Waals surface area contributed by atoms with Gasteiger partial charge in [-0.05, 0) is 10.8 Å². The molecule has 32 valence electrons. The Bertz CT molecular complexity index is 113. The van der Waals surface area contributed by atoms with Crippen LogP contribution in [0.25, 0.3) is 0 Å². The van der Waals surface area contributed by atoms with Crippen LogP contribution in [0.1, 0.15) is 0 Å². The van der Waals surface area contributed by atoms with E-state index in [9.17, 15) is 0 Å². The fourth-order valence-corrected chi connectivity index (χ4v) is 1.09. The Balaban J connectivity index is 0.000000360. The van der Waals surface area contributed by atoms with Gasteiger partial charge in [0.25, 0.3) is 0 Å². The molecule has 0 aromatic carbocycles. The van der Waals surface area contributed by atoms with Crippen LogP contribution in [0, 0.1) is 0 Å². The first kappa shape index (κ1) is 7.92. The molecular weight excluding hydrogens is 135 g/mol. The van der Waals surface area contributed by atoms with Crippen molar-refractivity contribution in [2.24, 2.45) is 0 Å². The van der Waals surface area contributed by atoms with Crippen molar-refractivity contribution in [2.45, 2.75) is 4.90 Å². The number of thiophene rings is 1. The average molecular weight is 138 g/mol. The van der Waals surface area contributed by atoms with Gasteiger partial charge < -0.3 is 12.6 Å². The predicted octanol–water partition coefficient (Wildman–Crippen LogP) is -1.34. The molecular formula is C4H3NaS2. The van der Waals surface area contributed by atoms with Gasteiger partial charge in [0, 0.05) is 0 Å². The summed E-state index contributed by atoms with van der Waals surface area (Å²) >= 11 is 6.39. The molecule has 0 fully saturated rings. The van der Waals surface area contributed by atoms with Crippen LogP contribution in [0.4, 0.5) is 0 Å². The topological polar surface area (TPSA) is 0 Å². The Morgan fingerprint density at radius 3 is 2.43 bits per heavy atom. The Morgan fingerprint density at radius 1 is 1.57 bits per heavy atom. The monoisotopic (exact) mass is 138 g/mol. The summed E-state index contributed by atoms with van der Waals surface area (Å²) in [7, 11) is 0. The summed E-state index contributed by atoms with van der Waals surface area (Å²) in [6.45, 7) is 0. The van der Waals surface area contributed by atoms with E-state index in [1.807, 2.05) is 16.8 Å². The summed E-state index contributed by atoms with van der Waals surface area (Å²) in [5.41, 5.74) is 0. The van der Waals surface area contributed by atoms with Crippen LogP contribution in [0.5, 0.6) is 0 Å². The minimum atomic E-state index is 0. The number of hydrogen-bond acceptors (Lipinski definition) is 2. The molecule has 0 aliphatic carbocycles. The fourth-order valence-electron chi connectivity index (χ4n) is 0.252. The zero-order valence-electron chi connectivity index (χ0n) is 4.05. The molecule has 0 saturated heterocycles. The van der Waals surface area contributed by atoms with Crippen molar-refractivity contribution < 1.29 is 29.6 Å². The predicted molar refractivity (Wildman–Crippen MR) is 29.9 cm³/mol. The fraction of sp³-hybridized carbons (Fsp3) is 0. The molecule has 0 unspecified atom stereocenters. The maximum atomic E-state index is 4.76. The van der Waals surface area contributed by atoms with Crippen LogP contribution >= 0.6 is 11.3 Å². The van der Waals surface area contributed by atoms with E-state index in [4.69, 9.17) is 12.6 Å². The summed E-state index contributed by atoms with van der Waals surface area (Å²) in [6.07, 6.45) is 0. The SMILES string of the molecule is [Na+].[S-]c1ccsc1. The van der Waals surface area contributed by atoms with Crippen LogP contribution in [-0.4, -0.2) is 0 Å². The second-order valence-corrected chi connectivity index (χ2v) is 2.21. The summed E-state index contributed by atoms with van der Waals surface area (Å²) < 4.78 is 0. The Kier molecular flexibility index (Phi) is 4.37. The molecule has 0 saturated carbocycles. The molecule has 1 rings (SSSR count). The number of hydrogen-bond donors (Lipinski definition) is 0. The van der Waals surface area contributed by atoms with Gasteiger partial charge in [-0.2, -0.15) is 16.2 Å². The minimum absolute atomic E-state index is 0. The summed E-state index contributed by atoms with van der Waals surface area (Å²) in [5.74, 6) is 0. The van der Waals surface area contributed by atoms with Gasteiger partial charge in [-0.1, -0.05) is 6.07 Å². The summed E-state index contributed by atoms with van der Waals surface area (Å²) in [5, 5.41) is 3.91. The largest absolute Gasteiger partial charge is 1.00 e. The summed E-state index contributed by atoms with van der Waals surface area (Å²) in [4.78, 5) is 0.944. The third-order valence-corrected chi connectivity index (χ3v) is 1.58. The number of rotatable bonds is 0. The molecule has 0 nitrogen and oxygen atoms in total. The van der Waals surface area contributed by atoms with E-state index in [0.29, 0.717) is 0 Å². The molecule has 1 aromatic heterocycles. The second kappa shape index (κ2) is 3.87. The molecule has 0 aliphatic rings. The quantitative estimate of drug-likeness (QED) is 0.316. The molecule has 0 atom stereocenters. The zero-order chi connectivity index (χ0) is 4.41. The summed E-state index contributed by atoms with van der Waals surface area (Å²) in [6, 6.07) is 1.92. The molecule has 0 spiro atoms. The van der Waals surface area contributed by atoms with Crippen molar-refractivity contribution in [1.29, 1.82) is 0 Å². The minimum Gasteiger partial charge on any atom is -0.779 e. The van der Waals surface area contributed by atoms with Crippen LogP contribution in [-0.2, 0) is 12.6 Å². The third-order valence-electron chi connectivity index (χ3n) is 0.495. The molecule has 3 heteroatoms. The smallest absolute Gasteiger partial charge is 0.779 e. The Labute approximate surface area is 74.6 Å². The molecule has 0 aliphatic heterocycles. The molecule has 0 bridgehead atoms. The first-order valence-corrected chi connectivity index (χ1v) is 2.94. The van der Waals surface area contributed by atoms with E-state index < -0.39 is 0 Å². The standard InChI is InChI=1S/C4H4S2.Na/c5-4-1-2-6-3-4;/h1-3,5H;/q;+1/p-1. The van der Waals surface area contributed by atoms with Crippen molar-refractivity contribution in [1.82, 2.24) is 0 Å². The molecule has 0 radical (unpaired) electrons. The van der Waals surface area contributed by atoms with Gasteiger partial charge in [-0.15, -0.1) is 0 Å². The van der Waals surface area contributed by atoms with Gasteiger partial charge in [-0.3, -0.25) is 0 Å². The van der Waals surface area contributed by atoms with E-state index in [0.717, 1.165) is 4.90 Å². The molecule has 1 aromatic rings. The van der Waals surface area contributed by atoms with Crippen molar-refractivity contribution in [2.75, 3.05) is 0 Å². The van der Waals surface area contributed by atoms with Crippen molar-refractivity contribution in [3.05, 3.63) is 16.8 Å². The van der Waals surface area contributed by atoms with Crippen LogP contribution < -0.4 is 29.6 Å². The van der Waals surface area contributed by atoms with Gasteiger partial charge in [0.15, 0.2) is 0 Å². The molecule has 1 heterocycles. The zero-order valence-corrected chi connectivity index (χ0v) is 7.68. The average Bonchev–Trinajstić information content (AvgIpc) is 1.86. The van der Waals surface area contributed by atoms with Crippen molar-refractivity contribution in [3.8, 4) is 0 Å². The van der Waals surface area contributed by atoms with Gasteiger partial charge >= 0.3 is 29.6 Å². The van der Waals surface area contributed by atoms with Gasteiger partial charge in [0.1, 0.15) is 0 Å². The molecule has 7 heavy (non-hydrogen) atoms. The third kappa shape index (κ3) is 2.67. The van der Waals surface area contributed by atoms with Crippen LogP contribution in [0.2, 0.25) is 0 Å². The first-order chi connectivity index (χ1) is 2.89. The van der Waals surface area contributed by atoms with E-state index in [2.05, 4.69) is 0 Å². The second-order valence-electron chi connectivity index (χ2n) is 0.959. The van der Waals surface area contributed by atoms with Crippen LogP contribution in [0.15, 0.2) is 21.7 Å². The Morgan fingerprint density at radius 2 is 2.29 bits per heavy atom. The molecule has 0 N–H and O–H groups in total. The maximum absolute atomic E-state index is 4.76. The van der Waals surface area contributed by atoms with Crippen LogP contribution in [0.3, 0.4) is 0 Å². The van der Waals surface area contributed by atoms with Crippen molar-refractivity contribution >= 4 is 24.0 Å². The molecule has 0 amide bonds. The Hall–Kier alpha value is 0.920. The van der Waals surface area contributed by atoms with E-state index in [1.165, 1.54) is 0 Å². The van der Waals surface area contributed by atoms with E-state index in [-0.39, 0.29) is 29.6 Å². The van der Waals surface area contributed by atoms with Gasteiger partial charge in [0.05, 0.1) is 0 Å². The normalized spacial score (nSPS) is 7.43.